The van der Waals surface area contributed by atoms with Crippen LogP contribution in [0.2, 0.25) is 0 Å². The van der Waals surface area contributed by atoms with E-state index in [1.54, 1.807) is 27.5 Å². The molecule has 0 aromatic carbocycles. The van der Waals surface area contributed by atoms with Gasteiger partial charge in [0.15, 0.2) is 5.65 Å². The molecule has 2 aromatic rings. The van der Waals surface area contributed by atoms with Crippen molar-refractivity contribution in [3.63, 3.8) is 0 Å². The highest BCUT2D eigenvalue weighted by Crippen LogP contribution is 2.25. The van der Waals surface area contributed by atoms with Crippen molar-refractivity contribution in [1.29, 1.82) is 0 Å². The fraction of sp³-hybridized carbons (Fsp3) is 0.615. The van der Waals surface area contributed by atoms with Gasteiger partial charge in [-0.15, -0.1) is 0 Å². The number of aromatic nitrogens is 4. The Hall–Kier alpha value is -1.93. The first-order valence-corrected chi connectivity index (χ1v) is 6.84. The molecule has 0 aliphatic carbocycles. The zero-order valence-corrected chi connectivity index (χ0v) is 12.9. The van der Waals surface area contributed by atoms with E-state index in [0.29, 0.717) is 31.4 Å². The van der Waals surface area contributed by atoms with Crippen LogP contribution in [0.1, 0.15) is 6.92 Å². The molecule has 116 valence electrons. The quantitative estimate of drug-likeness (QED) is 0.747. The number of rotatable bonds is 8. The largest absolute Gasteiger partial charge is 0.383 e. The molecule has 1 atom stereocenters. The Morgan fingerprint density at radius 2 is 2.14 bits per heavy atom. The Bertz CT molecular complexity index is 573. The molecule has 1 unspecified atom stereocenters. The van der Waals surface area contributed by atoms with E-state index in [0.717, 1.165) is 11.2 Å². The number of hydrogen-bond donors (Lipinski definition) is 2. The van der Waals surface area contributed by atoms with Gasteiger partial charge in [0, 0.05) is 27.8 Å². The Morgan fingerprint density at radius 3 is 2.81 bits per heavy atom. The minimum atomic E-state index is 0.155. The lowest BCUT2D eigenvalue weighted by Crippen LogP contribution is -2.39. The van der Waals surface area contributed by atoms with Gasteiger partial charge < -0.3 is 19.7 Å². The maximum atomic E-state index is 5.27. The van der Waals surface area contributed by atoms with Gasteiger partial charge in [-0.1, -0.05) is 0 Å². The first kappa shape index (κ1) is 15.5. The van der Waals surface area contributed by atoms with Crippen LogP contribution in [-0.2, 0) is 9.47 Å². The number of hydrogen-bond acceptors (Lipinski definition) is 7. The second kappa shape index (κ2) is 7.19. The first-order chi connectivity index (χ1) is 10.2. The minimum absolute atomic E-state index is 0.155. The molecule has 8 nitrogen and oxygen atoms in total. The number of H-pyrrole nitrogens is 1. The van der Waals surface area contributed by atoms with Gasteiger partial charge in [0.1, 0.15) is 5.82 Å². The lowest BCUT2D eigenvalue weighted by atomic mass is 10.2. The molecule has 0 saturated carbocycles. The predicted molar refractivity (Wildman–Crippen MR) is 81.8 cm³/mol. The van der Waals surface area contributed by atoms with E-state index in [4.69, 9.17) is 9.47 Å². The van der Waals surface area contributed by atoms with Crippen LogP contribution in [0.5, 0.6) is 0 Å². The molecule has 21 heavy (non-hydrogen) atoms. The maximum Gasteiger partial charge on any atom is 0.226 e. The normalized spacial score (nSPS) is 12.6. The van der Waals surface area contributed by atoms with Crippen LogP contribution >= 0.6 is 0 Å². The van der Waals surface area contributed by atoms with Gasteiger partial charge in [0.2, 0.25) is 5.95 Å². The van der Waals surface area contributed by atoms with Crippen LogP contribution in [0.4, 0.5) is 11.8 Å². The van der Waals surface area contributed by atoms with E-state index < -0.39 is 0 Å². The van der Waals surface area contributed by atoms with E-state index in [9.17, 15) is 0 Å². The molecular weight excluding hydrogens is 272 g/mol. The van der Waals surface area contributed by atoms with Crippen molar-refractivity contribution in [3.8, 4) is 0 Å². The summed E-state index contributed by atoms with van der Waals surface area (Å²) in [5.41, 5.74) is 0.705. The minimum Gasteiger partial charge on any atom is -0.383 e. The topological polar surface area (TPSA) is 88.2 Å². The Balaban J connectivity index is 2.43. The van der Waals surface area contributed by atoms with Crippen LogP contribution in [0.25, 0.3) is 11.0 Å². The van der Waals surface area contributed by atoms with Crippen LogP contribution in [0.15, 0.2) is 6.20 Å². The van der Waals surface area contributed by atoms with Crippen molar-refractivity contribution in [2.75, 3.05) is 51.2 Å². The third-order valence-electron chi connectivity index (χ3n) is 3.26. The molecule has 0 saturated heterocycles. The van der Waals surface area contributed by atoms with Gasteiger partial charge in [-0.3, -0.25) is 5.10 Å². The summed E-state index contributed by atoms with van der Waals surface area (Å²) in [6, 6.07) is 0.155. The van der Waals surface area contributed by atoms with Crippen LogP contribution in [-0.4, -0.2) is 67.2 Å². The van der Waals surface area contributed by atoms with Crippen molar-refractivity contribution in [1.82, 2.24) is 20.2 Å². The summed E-state index contributed by atoms with van der Waals surface area (Å²) in [6.45, 7) is 4.00. The van der Waals surface area contributed by atoms with Crippen molar-refractivity contribution in [2.45, 2.75) is 13.0 Å². The lowest BCUT2D eigenvalue weighted by Gasteiger charge is -2.30. The molecule has 2 heterocycles. The second-order valence-corrected chi connectivity index (χ2v) is 4.74. The van der Waals surface area contributed by atoms with Gasteiger partial charge >= 0.3 is 0 Å². The summed E-state index contributed by atoms with van der Waals surface area (Å²) in [5.74, 6) is 1.37. The highest BCUT2D eigenvalue weighted by Gasteiger charge is 2.20. The highest BCUT2D eigenvalue weighted by atomic mass is 16.5. The monoisotopic (exact) mass is 294 g/mol. The zero-order valence-electron chi connectivity index (χ0n) is 12.9. The van der Waals surface area contributed by atoms with Gasteiger partial charge in [-0.05, 0) is 6.92 Å². The molecule has 0 amide bonds. The van der Waals surface area contributed by atoms with E-state index in [2.05, 4.69) is 37.3 Å². The molecular formula is C13H22N6O2. The molecule has 2 N–H and O–H groups in total. The van der Waals surface area contributed by atoms with E-state index in [1.807, 2.05) is 0 Å². The number of nitrogens with zero attached hydrogens (tertiary/aromatic N) is 4. The molecule has 0 fully saturated rings. The third-order valence-corrected chi connectivity index (χ3v) is 3.26. The fourth-order valence-corrected chi connectivity index (χ4v) is 2.21. The fourth-order valence-electron chi connectivity index (χ4n) is 2.21. The maximum absolute atomic E-state index is 5.27. The van der Waals surface area contributed by atoms with Crippen LogP contribution in [0.3, 0.4) is 0 Å². The summed E-state index contributed by atoms with van der Waals surface area (Å²) in [7, 11) is 5.17. The van der Waals surface area contributed by atoms with E-state index in [-0.39, 0.29) is 6.04 Å². The number of aromatic amines is 1. The Labute approximate surface area is 123 Å². The van der Waals surface area contributed by atoms with Crippen molar-refractivity contribution in [3.05, 3.63) is 6.20 Å². The Morgan fingerprint density at radius 1 is 1.33 bits per heavy atom. The molecule has 0 bridgehead atoms. The average molecular weight is 294 g/mol. The van der Waals surface area contributed by atoms with Crippen molar-refractivity contribution < 1.29 is 9.47 Å². The molecule has 0 aliphatic heterocycles. The molecule has 2 rings (SSSR count). The number of anilines is 2. The van der Waals surface area contributed by atoms with Gasteiger partial charge in [0.25, 0.3) is 0 Å². The van der Waals surface area contributed by atoms with Crippen molar-refractivity contribution >= 4 is 22.8 Å². The number of methoxy groups -OCH3 is 2. The summed E-state index contributed by atoms with van der Waals surface area (Å²) in [5, 5.41) is 10.8. The van der Waals surface area contributed by atoms with E-state index >= 15 is 0 Å². The lowest BCUT2D eigenvalue weighted by molar-refractivity contribution is 0.170. The number of nitrogens with one attached hydrogen (secondary N) is 2. The van der Waals surface area contributed by atoms with Crippen molar-refractivity contribution in [2.24, 2.45) is 0 Å². The van der Waals surface area contributed by atoms with Gasteiger partial charge in [-0.25, -0.2) is 0 Å². The summed E-state index contributed by atoms with van der Waals surface area (Å²) >= 11 is 0. The average Bonchev–Trinajstić information content (AvgIpc) is 2.96. The van der Waals surface area contributed by atoms with Crippen LogP contribution in [0, 0.1) is 0 Å². The molecule has 0 aliphatic rings. The third kappa shape index (κ3) is 3.40. The molecule has 2 aromatic heterocycles. The zero-order chi connectivity index (χ0) is 15.2. The SMILES string of the molecule is CNc1nc(N(CCOC)C(C)COC)c2cn[nH]c2n1. The molecule has 0 radical (unpaired) electrons. The summed E-state index contributed by atoms with van der Waals surface area (Å²) < 4.78 is 10.5. The predicted octanol–water partition coefficient (Wildman–Crippen LogP) is 0.882. The smallest absolute Gasteiger partial charge is 0.226 e. The second-order valence-electron chi connectivity index (χ2n) is 4.74. The molecule has 0 spiro atoms. The number of fused-ring (bicyclic) bond motifs is 1. The summed E-state index contributed by atoms with van der Waals surface area (Å²) in [4.78, 5) is 11.1. The van der Waals surface area contributed by atoms with Gasteiger partial charge in [-0.2, -0.15) is 15.1 Å². The van der Waals surface area contributed by atoms with Gasteiger partial charge in [0.05, 0.1) is 30.8 Å². The van der Waals surface area contributed by atoms with Crippen LogP contribution < -0.4 is 10.2 Å². The first-order valence-electron chi connectivity index (χ1n) is 6.84. The van der Waals surface area contributed by atoms with E-state index in [1.165, 1.54) is 0 Å². The Kier molecular flexibility index (Phi) is 5.29. The molecule has 8 heteroatoms. The summed E-state index contributed by atoms with van der Waals surface area (Å²) in [6.07, 6.45) is 1.74. The standard InChI is InChI=1S/C13H22N6O2/c1-9(8-21-4)19(5-6-20-3)12-10-7-15-18-11(10)16-13(14-2)17-12/h7,9H,5-6,8H2,1-4H3,(H2,14,15,16,17,18). The number of ether oxygens (including phenoxy) is 2. The highest BCUT2D eigenvalue weighted by molar-refractivity contribution is 5.87.